The first-order valence-electron chi connectivity index (χ1n) is 6.91. The number of hydrogen-bond acceptors (Lipinski definition) is 5. The lowest BCUT2D eigenvalue weighted by molar-refractivity contribution is -0.392. The molecule has 0 unspecified atom stereocenters. The summed E-state index contributed by atoms with van der Waals surface area (Å²) in [5.74, 6) is -0.150. The summed E-state index contributed by atoms with van der Waals surface area (Å²) in [6.07, 6.45) is 2.04. The van der Waals surface area contributed by atoms with Gasteiger partial charge in [0.1, 0.15) is 12.1 Å². The molecule has 0 saturated carbocycles. The summed E-state index contributed by atoms with van der Waals surface area (Å²) in [6.45, 7) is 2.02. The predicted octanol–water partition coefficient (Wildman–Crippen LogP) is 3.16. The fourth-order valence-electron chi connectivity index (χ4n) is 2.45. The van der Waals surface area contributed by atoms with E-state index in [-0.39, 0.29) is 12.4 Å². The molecule has 0 spiro atoms. The molecule has 0 bridgehead atoms. The van der Waals surface area contributed by atoms with Crippen molar-refractivity contribution in [2.45, 2.75) is 19.9 Å². The van der Waals surface area contributed by atoms with Gasteiger partial charge >= 0.3 is 11.4 Å². The molecule has 3 aromatic rings. The van der Waals surface area contributed by atoms with Gasteiger partial charge in [0.2, 0.25) is 0 Å². The monoisotopic (exact) mass is 333 g/mol. The van der Waals surface area contributed by atoms with Crippen LogP contribution in [0.4, 0.5) is 5.82 Å². The Morgan fingerprint density at radius 3 is 2.83 bits per heavy atom. The number of benzene rings is 1. The van der Waals surface area contributed by atoms with Crippen LogP contribution < -0.4 is 5.63 Å². The lowest BCUT2D eigenvalue weighted by Gasteiger charge is -2.07. The van der Waals surface area contributed by atoms with Crippen LogP contribution in [0.15, 0.2) is 39.7 Å². The summed E-state index contributed by atoms with van der Waals surface area (Å²) >= 11 is 6.23. The van der Waals surface area contributed by atoms with Gasteiger partial charge in [0, 0.05) is 22.0 Å². The smallest absolute Gasteiger partial charge is 0.345 e. The number of nitro groups is 1. The first-order valence-corrected chi connectivity index (χ1v) is 7.28. The van der Waals surface area contributed by atoms with Crippen LogP contribution in [0.2, 0.25) is 5.02 Å². The molecule has 0 radical (unpaired) electrons. The van der Waals surface area contributed by atoms with Crippen molar-refractivity contribution in [2.75, 3.05) is 0 Å². The highest BCUT2D eigenvalue weighted by Gasteiger charge is 2.17. The summed E-state index contributed by atoms with van der Waals surface area (Å²) in [5, 5.41) is 16.1. The topological polar surface area (TPSA) is 91.2 Å². The van der Waals surface area contributed by atoms with Crippen molar-refractivity contribution in [3.8, 4) is 0 Å². The largest absolute Gasteiger partial charge is 0.423 e. The lowest BCUT2D eigenvalue weighted by atomic mass is 10.1. The van der Waals surface area contributed by atoms with E-state index < -0.39 is 10.5 Å². The minimum atomic E-state index is -0.525. The molecule has 7 nitrogen and oxygen atoms in total. The van der Waals surface area contributed by atoms with Crippen LogP contribution in [-0.4, -0.2) is 14.7 Å². The van der Waals surface area contributed by atoms with Crippen molar-refractivity contribution in [1.29, 1.82) is 0 Å². The molecular weight excluding hydrogens is 322 g/mol. The maximum absolute atomic E-state index is 11.8. The van der Waals surface area contributed by atoms with Crippen molar-refractivity contribution in [1.82, 2.24) is 9.78 Å². The molecule has 0 aliphatic heterocycles. The molecule has 2 aromatic heterocycles. The van der Waals surface area contributed by atoms with Gasteiger partial charge in [0.25, 0.3) is 0 Å². The van der Waals surface area contributed by atoms with Crippen LogP contribution in [0.25, 0.3) is 11.0 Å². The Morgan fingerprint density at radius 1 is 1.35 bits per heavy atom. The van der Waals surface area contributed by atoms with Crippen molar-refractivity contribution >= 4 is 28.4 Å². The minimum absolute atomic E-state index is 0.0766. The van der Waals surface area contributed by atoms with Crippen LogP contribution in [0, 0.1) is 10.1 Å². The molecule has 118 valence electrons. The van der Waals surface area contributed by atoms with Crippen LogP contribution >= 0.6 is 11.6 Å². The maximum atomic E-state index is 11.8. The van der Waals surface area contributed by atoms with E-state index >= 15 is 0 Å². The predicted molar refractivity (Wildman–Crippen MR) is 84.9 cm³/mol. The molecule has 0 N–H and O–H groups in total. The molecule has 3 rings (SSSR count). The van der Waals surface area contributed by atoms with Gasteiger partial charge in [-0.3, -0.25) is 0 Å². The summed E-state index contributed by atoms with van der Waals surface area (Å²) in [6, 6.07) is 6.04. The summed E-state index contributed by atoms with van der Waals surface area (Å²) in [5.41, 5.74) is 1.31. The Kier molecular flexibility index (Phi) is 3.87. The third-order valence-electron chi connectivity index (χ3n) is 3.58. The van der Waals surface area contributed by atoms with Crippen LogP contribution in [0.5, 0.6) is 0 Å². The van der Waals surface area contributed by atoms with E-state index in [9.17, 15) is 14.9 Å². The Bertz CT molecular complexity index is 961. The van der Waals surface area contributed by atoms with Crippen LogP contribution in [0.1, 0.15) is 18.1 Å². The fraction of sp³-hybridized carbons (Fsp3) is 0.200. The molecule has 8 heteroatoms. The minimum Gasteiger partial charge on any atom is -0.423 e. The molecule has 0 aliphatic rings. The van der Waals surface area contributed by atoms with E-state index in [0.29, 0.717) is 28.0 Å². The molecule has 1 aromatic carbocycles. The van der Waals surface area contributed by atoms with E-state index in [4.69, 9.17) is 16.0 Å². The highest BCUT2D eigenvalue weighted by Crippen LogP contribution is 2.27. The number of rotatable bonds is 4. The zero-order valence-electron chi connectivity index (χ0n) is 12.2. The average molecular weight is 334 g/mol. The fourth-order valence-corrected chi connectivity index (χ4v) is 2.75. The average Bonchev–Trinajstić information content (AvgIpc) is 2.95. The van der Waals surface area contributed by atoms with Gasteiger partial charge in [0.15, 0.2) is 0 Å². The first-order chi connectivity index (χ1) is 11.0. The van der Waals surface area contributed by atoms with E-state index in [1.807, 2.05) is 6.92 Å². The molecule has 0 saturated heterocycles. The summed E-state index contributed by atoms with van der Waals surface area (Å²) in [7, 11) is 0. The molecule has 2 heterocycles. The maximum Gasteiger partial charge on any atom is 0.345 e. The van der Waals surface area contributed by atoms with Gasteiger partial charge in [-0.1, -0.05) is 23.6 Å². The molecule has 0 amide bonds. The number of fused-ring (bicyclic) bond motifs is 1. The van der Waals surface area contributed by atoms with Gasteiger partial charge in [-0.05, 0) is 29.0 Å². The van der Waals surface area contributed by atoms with E-state index in [2.05, 4.69) is 5.10 Å². The van der Waals surface area contributed by atoms with E-state index in [1.54, 1.807) is 12.1 Å². The Hall–Kier alpha value is -2.67. The molecule has 0 aliphatic carbocycles. The van der Waals surface area contributed by atoms with Gasteiger partial charge in [-0.25, -0.2) is 4.79 Å². The van der Waals surface area contributed by atoms with Crippen LogP contribution in [-0.2, 0) is 13.0 Å². The lowest BCUT2D eigenvalue weighted by Crippen LogP contribution is -2.09. The van der Waals surface area contributed by atoms with Gasteiger partial charge in [0.05, 0.1) is 12.3 Å². The summed E-state index contributed by atoms with van der Waals surface area (Å²) < 4.78 is 6.44. The van der Waals surface area contributed by atoms with Crippen molar-refractivity contribution in [3.05, 3.63) is 67.1 Å². The third kappa shape index (κ3) is 2.83. The van der Waals surface area contributed by atoms with E-state index in [0.717, 1.165) is 5.56 Å². The summed E-state index contributed by atoms with van der Waals surface area (Å²) in [4.78, 5) is 22.2. The van der Waals surface area contributed by atoms with Crippen molar-refractivity contribution < 1.29 is 9.34 Å². The second-order valence-electron chi connectivity index (χ2n) is 4.99. The molecular formula is C15H12ClN3O4. The quantitative estimate of drug-likeness (QED) is 0.415. The standard InChI is InChI=1S/C15H12ClN3O4/c1-2-9-5-13-11(7-12(9)16)10(6-15(20)23-13)8-18-14(19(21)22)3-4-17-18/h3-7H,2,8H2,1H3. The first kappa shape index (κ1) is 15.2. The molecule has 0 atom stereocenters. The van der Waals surface area contributed by atoms with Crippen LogP contribution in [0.3, 0.4) is 0 Å². The third-order valence-corrected chi connectivity index (χ3v) is 3.93. The highest BCUT2D eigenvalue weighted by molar-refractivity contribution is 6.32. The van der Waals surface area contributed by atoms with Gasteiger partial charge in [-0.15, -0.1) is 4.68 Å². The second-order valence-corrected chi connectivity index (χ2v) is 5.40. The molecule has 23 heavy (non-hydrogen) atoms. The highest BCUT2D eigenvalue weighted by atomic mass is 35.5. The van der Waals surface area contributed by atoms with Gasteiger partial charge in [-0.2, -0.15) is 0 Å². The number of hydrogen-bond donors (Lipinski definition) is 0. The molecule has 0 fully saturated rings. The SMILES string of the molecule is CCc1cc2oc(=O)cc(Cn3nccc3[N+](=O)[O-])c2cc1Cl. The van der Waals surface area contributed by atoms with Gasteiger partial charge < -0.3 is 14.5 Å². The Labute approximate surface area is 135 Å². The number of halogens is 1. The number of nitrogens with zero attached hydrogens (tertiary/aromatic N) is 3. The zero-order valence-corrected chi connectivity index (χ0v) is 12.9. The number of aryl methyl sites for hydroxylation is 1. The van der Waals surface area contributed by atoms with Crippen molar-refractivity contribution in [3.63, 3.8) is 0 Å². The second kappa shape index (κ2) is 5.85. The normalized spacial score (nSPS) is 11.0. The Balaban J connectivity index is 2.17. The zero-order chi connectivity index (χ0) is 16.6. The number of aromatic nitrogens is 2. The van der Waals surface area contributed by atoms with Crippen molar-refractivity contribution in [2.24, 2.45) is 0 Å². The van der Waals surface area contributed by atoms with E-state index in [1.165, 1.54) is 23.0 Å². The Morgan fingerprint density at radius 2 is 2.13 bits per heavy atom.